The SMILES string of the molecule is CC(C)c1cccc2c1-n1c3cc4c5c6c(c(C#N)cc5n5c7cc(C#N)c8c(c7c(c3c3cccc(c31)C2C)c45)CCC81CCCC1)C1c2ccccc2C6c2ccccc21. The minimum atomic E-state index is -0.0177. The van der Waals surface area contributed by atoms with Crippen LogP contribution in [0, 0.1) is 22.7 Å². The fourth-order valence-corrected chi connectivity index (χ4v) is 14.7. The summed E-state index contributed by atoms with van der Waals surface area (Å²) in [6.07, 6.45) is 6.90. The Labute approximate surface area is 359 Å². The average molecular weight is 795 g/mol. The van der Waals surface area contributed by atoms with Gasteiger partial charge in [-0.1, -0.05) is 119 Å². The second-order valence-electron chi connectivity index (χ2n) is 19.8. The summed E-state index contributed by atoms with van der Waals surface area (Å²) in [4.78, 5) is 0. The highest BCUT2D eigenvalue weighted by molar-refractivity contribution is 6.37. The molecule has 7 aromatic carbocycles. The van der Waals surface area contributed by atoms with Gasteiger partial charge in [-0.05, 0) is 116 Å². The summed E-state index contributed by atoms with van der Waals surface area (Å²) in [6, 6.07) is 44.6. The molecule has 1 fully saturated rings. The largest absolute Gasteiger partial charge is 0.308 e. The van der Waals surface area contributed by atoms with Gasteiger partial charge < -0.3 is 8.97 Å². The van der Waals surface area contributed by atoms with Crippen LogP contribution in [0.2, 0.25) is 0 Å². The summed E-state index contributed by atoms with van der Waals surface area (Å²) >= 11 is 0. The average Bonchev–Trinajstić information content (AvgIpc) is 4.14. The topological polar surface area (TPSA) is 56.9 Å². The Bertz CT molecular complexity index is 3800. The van der Waals surface area contributed by atoms with Crippen LogP contribution in [0.3, 0.4) is 0 Å². The molecule has 4 nitrogen and oxygen atoms in total. The van der Waals surface area contributed by atoms with Crippen molar-refractivity contribution in [2.75, 3.05) is 0 Å². The lowest BCUT2D eigenvalue weighted by molar-refractivity contribution is 0.438. The van der Waals surface area contributed by atoms with Crippen LogP contribution in [-0.2, 0) is 11.8 Å². The molecule has 3 aromatic heterocycles. The van der Waals surface area contributed by atoms with Gasteiger partial charge in [0, 0.05) is 50.1 Å². The lowest BCUT2D eigenvalue weighted by Gasteiger charge is -2.43. The molecule has 6 aliphatic rings. The van der Waals surface area contributed by atoms with E-state index in [0.717, 1.165) is 35.0 Å². The van der Waals surface area contributed by atoms with E-state index in [-0.39, 0.29) is 23.2 Å². The summed E-state index contributed by atoms with van der Waals surface area (Å²) < 4.78 is 5.18. The molecule has 2 bridgehead atoms. The van der Waals surface area contributed by atoms with E-state index in [1.165, 1.54) is 141 Å². The third-order valence-corrected chi connectivity index (χ3v) is 17.0. The van der Waals surface area contributed by atoms with Gasteiger partial charge in [0.25, 0.3) is 0 Å². The molecule has 1 atom stereocenters. The zero-order chi connectivity index (χ0) is 41.1. The van der Waals surface area contributed by atoms with Crippen LogP contribution in [0.4, 0.5) is 0 Å². The van der Waals surface area contributed by atoms with Crippen molar-refractivity contribution in [2.24, 2.45) is 0 Å². The number of hydrogen-bond acceptors (Lipinski definition) is 2. The lowest BCUT2D eigenvalue weighted by Crippen LogP contribution is -2.28. The molecule has 0 amide bonds. The summed E-state index contributed by atoms with van der Waals surface area (Å²) in [5.74, 6) is 0.582. The van der Waals surface area contributed by atoms with Crippen molar-refractivity contribution in [1.82, 2.24) is 8.97 Å². The van der Waals surface area contributed by atoms with Crippen molar-refractivity contribution in [2.45, 2.75) is 88.4 Å². The number of nitriles is 2. The third kappa shape index (κ3) is 3.60. The molecule has 16 rings (SSSR count). The quantitative estimate of drug-likeness (QED) is 0.166. The Kier molecular flexibility index (Phi) is 6.07. The molecule has 1 unspecified atom stereocenters. The Hall–Kier alpha value is -6.88. The van der Waals surface area contributed by atoms with E-state index in [9.17, 15) is 10.5 Å². The highest BCUT2D eigenvalue weighted by atomic mass is 15.0. The number of aryl methyl sites for hydroxylation is 1. The number of hydrogen-bond donors (Lipinski definition) is 0. The number of aromatic nitrogens is 2. The van der Waals surface area contributed by atoms with E-state index in [2.05, 4.69) is 145 Å². The molecular weight excluding hydrogens is 753 g/mol. The zero-order valence-corrected chi connectivity index (χ0v) is 35.2. The number of rotatable bonds is 1. The normalized spacial score (nSPS) is 19.9. The van der Waals surface area contributed by atoms with Crippen molar-refractivity contribution in [3.05, 3.63) is 175 Å². The van der Waals surface area contributed by atoms with Crippen molar-refractivity contribution in [3.8, 4) is 17.8 Å². The maximum absolute atomic E-state index is 11.3. The van der Waals surface area contributed by atoms with Crippen molar-refractivity contribution in [3.63, 3.8) is 0 Å². The third-order valence-electron chi connectivity index (χ3n) is 17.0. The van der Waals surface area contributed by atoms with Gasteiger partial charge in [-0.3, -0.25) is 0 Å². The van der Waals surface area contributed by atoms with Crippen LogP contribution >= 0.6 is 0 Å². The number of fused-ring (bicyclic) bond motifs is 15. The van der Waals surface area contributed by atoms with Gasteiger partial charge in [-0.25, -0.2) is 0 Å². The molecular formula is C58H42N4. The first-order chi connectivity index (χ1) is 30.4. The van der Waals surface area contributed by atoms with Gasteiger partial charge in [0.2, 0.25) is 0 Å². The minimum Gasteiger partial charge on any atom is -0.308 e. The van der Waals surface area contributed by atoms with Gasteiger partial charge in [0.05, 0.1) is 56.5 Å². The number of nitrogens with zero attached hydrogens (tertiary/aromatic N) is 4. The Balaban J connectivity index is 1.23. The second kappa shape index (κ2) is 11.1. The maximum atomic E-state index is 11.3. The number of para-hydroxylation sites is 2. The van der Waals surface area contributed by atoms with Crippen LogP contribution in [0.25, 0.3) is 65.6 Å². The second-order valence-corrected chi connectivity index (χ2v) is 19.8. The van der Waals surface area contributed by atoms with Gasteiger partial charge in [0.1, 0.15) is 0 Å². The van der Waals surface area contributed by atoms with E-state index in [4.69, 9.17) is 0 Å². The molecule has 10 aromatic rings. The molecule has 294 valence electrons. The Morgan fingerprint density at radius 2 is 1.23 bits per heavy atom. The van der Waals surface area contributed by atoms with Crippen LogP contribution in [0.15, 0.2) is 103 Å². The van der Waals surface area contributed by atoms with Crippen molar-refractivity contribution in [1.29, 1.82) is 10.5 Å². The van der Waals surface area contributed by atoms with Gasteiger partial charge in [-0.2, -0.15) is 10.5 Å². The monoisotopic (exact) mass is 794 g/mol. The number of benzene rings is 7. The highest BCUT2D eigenvalue weighted by Gasteiger charge is 2.47. The summed E-state index contributed by atoms with van der Waals surface area (Å²) in [7, 11) is 0. The van der Waals surface area contributed by atoms with Gasteiger partial charge in [-0.15, -0.1) is 0 Å². The Morgan fingerprint density at radius 1 is 0.597 bits per heavy atom. The minimum absolute atomic E-state index is 0.00216. The first-order valence-electron chi connectivity index (χ1n) is 22.9. The fourth-order valence-electron chi connectivity index (χ4n) is 14.7. The van der Waals surface area contributed by atoms with E-state index in [1.807, 2.05) is 0 Å². The molecule has 62 heavy (non-hydrogen) atoms. The molecule has 0 saturated heterocycles. The van der Waals surface area contributed by atoms with Gasteiger partial charge in [0.15, 0.2) is 0 Å². The standard InChI is InChI=1S/C58H42N4/c1-29(2)33-16-10-17-34-30(3)35-18-11-19-41-50-45(62(55(33)34)56(35)41)26-42-51-43(61-44-25-32(28-60)54-40(49(44)53(50)57(42)61)20-23-58(54)21-8-9-22-58)24-31(27-59)46-47-36-12-4-6-14-38(36)48(52(46)51)39-15-7-5-13-37(39)47/h4-7,10-19,24-26,29-30,47-48H,8-9,20-23H2,1-3H3. The van der Waals surface area contributed by atoms with Crippen LogP contribution in [-0.4, -0.2) is 8.97 Å². The molecule has 1 saturated carbocycles. The fraction of sp³-hybridized carbons (Fsp3) is 0.241. The molecule has 1 spiro atoms. The van der Waals surface area contributed by atoms with E-state index in [1.54, 1.807) is 0 Å². The van der Waals surface area contributed by atoms with Crippen molar-refractivity contribution < 1.29 is 0 Å². The predicted molar refractivity (Wildman–Crippen MR) is 250 cm³/mol. The molecule has 4 heteroatoms. The maximum Gasteiger partial charge on any atom is 0.0995 e. The highest BCUT2D eigenvalue weighted by Crippen LogP contribution is 2.62. The molecule has 0 N–H and O–H groups in total. The lowest BCUT2D eigenvalue weighted by atomic mass is 9.59. The molecule has 5 aliphatic carbocycles. The van der Waals surface area contributed by atoms with E-state index >= 15 is 0 Å². The first kappa shape index (κ1) is 33.8. The summed E-state index contributed by atoms with van der Waals surface area (Å²) in [5, 5.41) is 30.2. The Morgan fingerprint density at radius 3 is 1.92 bits per heavy atom. The predicted octanol–water partition coefficient (Wildman–Crippen LogP) is 14.0. The van der Waals surface area contributed by atoms with Crippen molar-refractivity contribution >= 4 is 59.9 Å². The molecule has 4 heterocycles. The zero-order valence-electron chi connectivity index (χ0n) is 35.2. The van der Waals surface area contributed by atoms with Crippen LogP contribution in [0.5, 0.6) is 0 Å². The molecule has 0 radical (unpaired) electrons. The van der Waals surface area contributed by atoms with E-state index < -0.39 is 0 Å². The summed E-state index contributed by atoms with van der Waals surface area (Å²) in [5.41, 5.74) is 23.8. The van der Waals surface area contributed by atoms with Crippen LogP contribution in [0.1, 0.15) is 149 Å². The smallest absolute Gasteiger partial charge is 0.0995 e. The van der Waals surface area contributed by atoms with Crippen LogP contribution < -0.4 is 0 Å². The van der Waals surface area contributed by atoms with E-state index in [0.29, 0.717) is 5.92 Å². The molecule has 1 aliphatic heterocycles. The summed E-state index contributed by atoms with van der Waals surface area (Å²) in [6.45, 7) is 7.07. The first-order valence-corrected chi connectivity index (χ1v) is 22.9. The van der Waals surface area contributed by atoms with Gasteiger partial charge >= 0.3 is 0 Å².